The first-order chi connectivity index (χ1) is 13.5. The van der Waals surface area contributed by atoms with E-state index < -0.39 is 17.9 Å². The Bertz CT molecular complexity index is 826. The number of pyridine rings is 1. The zero-order valence-corrected chi connectivity index (χ0v) is 15.4. The van der Waals surface area contributed by atoms with E-state index in [9.17, 15) is 14.4 Å². The van der Waals surface area contributed by atoms with Crippen molar-refractivity contribution in [2.75, 3.05) is 0 Å². The van der Waals surface area contributed by atoms with E-state index in [1.807, 2.05) is 30.3 Å². The van der Waals surface area contributed by atoms with Crippen molar-refractivity contribution in [2.45, 2.75) is 37.8 Å². The van der Waals surface area contributed by atoms with Gasteiger partial charge in [0.25, 0.3) is 5.91 Å². The summed E-state index contributed by atoms with van der Waals surface area (Å²) in [7, 11) is 0. The second-order valence-electron chi connectivity index (χ2n) is 7.01. The minimum atomic E-state index is -0.831. The smallest absolute Gasteiger partial charge is 0.306 e. The van der Waals surface area contributed by atoms with Gasteiger partial charge in [-0.15, -0.1) is 0 Å². The minimum absolute atomic E-state index is 0.192. The number of nitrogens with zero attached hydrogens (tertiary/aromatic N) is 1. The molecular weight excluding hydrogens is 358 g/mol. The highest BCUT2D eigenvalue weighted by Crippen LogP contribution is 2.25. The van der Waals surface area contributed by atoms with E-state index in [1.165, 1.54) is 6.20 Å². The molecule has 7 nitrogen and oxygen atoms in total. The monoisotopic (exact) mass is 381 g/mol. The highest BCUT2D eigenvalue weighted by atomic mass is 16.4. The third-order valence-corrected chi connectivity index (χ3v) is 4.96. The fourth-order valence-electron chi connectivity index (χ4n) is 3.44. The second kappa shape index (κ2) is 9.12. The predicted molar refractivity (Wildman–Crippen MR) is 103 cm³/mol. The minimum Gasteiger partial charge on any atom is -0.481 e. The van der Waals surface area contributed by atoms with Crippen molar-refractivity contribution in [1.29, 1.82) is 0 Å². The van der Waals surface area contributed by atoms with E-state index in [2.05, 4.69) is 15.6 Å². The van der Waals surface area contributed by atoms with E-state index >= 15 is 0 Å². The summed E-state index contributed by atoms with van der Waals surface area (Å²) in [5.41, 5.74) is 1.30. The van der Waals surface area contributed by atoms with E-state index in [1.54, 1.807) is 18.3 Å². The molecule has 1 aromatic heterocycles. The average Bonchev–Trinajstić information content (AvgIpc) is 3.17. The Morgan fingerprint density at radius 2 is 1.89 bits per heavy atom. The molecule has 1 saturated carbocycles. The summed E-state index contributed by atoms with van der Waals surface area (Å²) in [6, 6.07) is 11.8. The number of aliphatic carboxylic acids is 1. The summed E-state index contributed by atoms with van der Waals surface area (Å²) in [4.78, 5) is 40.4. The van der Waals surface area contributed by atoms with Crippen LogP contribution in [0.2, 0.25) is 0 Å². The molecule has 1 aliphatic carbocycles. The summed E-state index contributed by atoms with van der Waals surface area (Å²) >= 11 is 0. The van der Waals surface area contributed by atoms with Gasteiger partial charge in [0, 0.05) is 24.9 Å². The fraction of sp³-hybridized carbons (Fsp3) is 0.333. The van der Waals surface area contributed by atoms with Crippen molar-refractivity contribution < 1.29 is 19.5 Å². The highest BCUT2D eigenvalue weighted by molar-refractivity contribution is 5.97. The van der Waals surface area contributed by atoms with Crippen molar-refractivity contribution >= 4 is 17.8 Å². The maximum Gasteiger partial charge on any atom is 0.306 e. The molecule has 3 rings (SSSR count). The van der Waals surface area contributed by atoms with E-state index in [4.69, 9.17) is 5.11 Å². The standard InChI is InChI=1S/C21H23N3O4/c25-19(16-7-4-10-22-13-16)24-18(11-14-5-2-1-3-6-14)20(26)23-17-9-8-15(12-17)21(27)28/h1-7,10,13,15,17-18H,8-9,11-12H2,(H,23,26)(H,24,25)(H,27,28)/t15-,17+,18?/m0/s1. The summed E-state index contributed by atoms with van der Waals surface area (Å²) in [5, 5.41) is 14.8. The van der Waals surface area contributed by atoms with Gasteiger partial charge in [0.2, 0.25) is 5.91 Å². The van der Waals surface area contributed by atoms with Crippen LogP contribution in [0.3, 0.4) is 0 Å². The molecule has 28 heavy (non-hydrogen) atoms. The van der Waals surface area contributed by atoms with Crippen LogP contribution in [0.15, 0.2) is 54.9 Å². The number of carbonyl (C=O) groups excluding carboxylic acids is 2. The number of carbonyl (C=O) groups is 3. The van der Waals surface area contributed by atoms with Crippen LogP contribution in [0.4, 0.5) is 0 Å². The normalized spacial score (nSPS) is 19.6. The van der Waals surface area contributed by atoms with Crippen molar-refractivity contribution in [3.05, 3.63) is 66.0 Å². The molecule has 7 heteroatoms. The Morgan fingerprint density at radius 3 is 2.54 bits per heavy atom. The first-order valence-electron chi connectivity index (χ1n) is 9.31. The maximum absolute atomic E-state index is 12.9. The number of benzene rings is 1. The molecule has 1 unspecified atom stereocenters. The average molecular weight is 381 g/mol. The van der Waals surface area contributed by atoms with E-state index in [-0.39, 0.29) is 17.9 Å². The van der Waals surface area contributed by atoms with Gasteiger partial charge in [-0.3, -0.25) is 19.4 Å². The third-order valence-electron chi connectivity index (χ3n) is 4.96. The molecular formula is C21H23N3O4. The van der Waals surface area contributed by atoms with Crippen molar-refractivity contribution in [1.82, 2.24) is 15.6 Å². The molecule has 3 atom stereocenters. The van der Waals surface area contributed by atoms with Crippen molar-refractivity contribution in [2.24, 2.45) is 5.92 Å². The summed E-state index contributed by atoms with van der Waals surface area (Å²) in [6.07, 6.45) is 4.94. The lowest BCUT2D eigenvalue weighted by atomic mass is 10.0. The molecule has 1 aromatic carbocycles. The lowest BCUT2D eigenvalue weighted by Gasteiger charge is -2.21. The Kier molecular flexibility index (Phi) is 6.37. The SMILES string of the molecule is O=C(NC(Cc1ccccc1)C(=O)N[C@@H]1CC[C@H](C(=O)O)C1)c1cccnc1. The molecule has 1 fully saturated rings. The van der Waals surface area contributed by atoms with Crippen LogP contribution in [-0.2, 0) is 16.0 Å². The van der Waals surface area contributed by atoms with E-state index in [0.717, 1.165) is 5.56 Å². The Morgan fingerprint density at radius 1 is 1.11 bits per heavy atom. The highest BCUT2D eigenvalue weighted by Gasteiger charge is 2.32. The summed E-state index contributed by atoms with van der Waals surface area (Å²) in [6.45, 7) is 0. The van der Waals surface area contributed by atoms with Gasteiger partial charge in [0.1, 0.15) is 6.04 Å². The van der Waals surface area contributed by atoms with Crippen LogP contribution in [0.1, 0.15) is 35.2 Å². The molecule has 2 amide bonds. The van der Waals surface area contributed by atoms with Gasteiger partial charge >= 0.3 is 5.97 Å². The number of hydrogen-bond acceptors (Lipinski definition) is 4. The maximum atomic E-state index is 12.9. The molecule has 0 radical (unpaired) electrons. The van der Waals surface area contributed by atoms with Gasteiger partial charge < -0.3 is 15.7 Å². The van der Waals surface area contributed by atoms with Gasteiger partial charge in [-0.25, -0.2) is 0 Å². The zero-order chi connectivity index (χ0) is 19.9. The molecule has 2 aromatic rings. The Balaban J connectivity index is 1.69. The Labute approximate surface area is 163 Å². The summed E-state index contributed by atoms with van der Waals surface area (Å²) < 4.78 is 0. The number of amides is 2. The largest absolute Gasteiger partial charge is 0.481 e. The van der Waals surface area contributed by atoms with Crippen LogP contribution in [0, 0.1) is 5.92 Å². The number of carboxylic acid groups (broad SMARTS) is 1. The number of hydrogen-bond donors (Lipinski definition) is 3. The zero-order valence-electron chi connectivity index (χ0n) is 15.4. The lowest BCUT2D eigenvalue weighted by Crippen LogP contribution is -2.50. The van der Waals surface area contributed by atoms with Crippen LogP contribution >= 0.6 is 0 Å². The van der Waals surface area contributed by atoms with Crippen LogP contribution < -0.4 is 10.6 Å². The van der Waals surface area contributed by atoms with Gasteiger partial charge in [0.05, 0.1) is 11.5 Å². The number of rotatable bonds is 7. The first kappa shape index (κ1) is 19.5. The van der Waals surface area contributed by atoms with Gasteiger partial charge in [0.15, 0.2) is 0 Å². The summed E-state index contributed by atoms with van der Waals surface area (Å²) in [5.74, 6) is -1.94. The van der Waals surface area contributed by atoms with Crippen molar-refractivity contribution in [3.63, 3.8) is 0 Å². The topological polar surface area (TPSA) is 108 Å². The van der Waals surface area contributed by atoms with Gasteiger partial charge in [-0.2, -0.15) is 0 Å². The predicted octanol–water partition coefficient (Wildman–Crippen LogP) is 1.79. The number of aromatic nitrogens is 1. The second-order valence-corrected chi connectivity index (χ2v) is 7.01. The molecule has 3 N–H and O–H groups in total. The van der Waals surface area contributed by atoms with E-state index in [0.29, 0.717) is 31.2 Å². The van der Waals surface area contributed by atoms with Crippen LogP contribution in [0.5, 0.6) is 0 Å². The molecule has 0 bridgehead atoms. The van der Waals surface area contributed by atoms with Crippen molar-refractivity contribution in [3.8, 4) is 0 Å². The molecule has 0 spiro atoms. The van der Waals surface area contributed by atoms with Gasteiger partial charge in [-0.05, 0) is 37.0 Å². The van der Waals surface area contributed by atoms with Gasteiger partial charge in [-0.1, -0.05) is 30.3 Å². The number of nitrogens with one attached hydrogen (secondary N) is 2. The molecule has 1 aliphatic rings. The van der Waals surface area contributed by atoms with Crippen LogP contribution in [0.25, 0.3) is 0 Å². The van der Waals surface area contributed by atoms with Crippen LogP contribution in [-0.4, -0.2) is 40.0 Å². The third kappa shape index (κ3) is 5.16. The first-order valence-corrected chi connectivity index (χ1v) is 9.31. The molecule has 0 saturated heterocycles. The lowest BCUT2D eigenvalue weighted by molar-refractivity contribution is -0.141. The fourth-order valence-corrected chi connectivity index (χ4v) is 3.44. The molecule has 146 valence electrons. The molecule has 0 aliphatic heterocycles. The Hall–Kier alpha value is -3.22. The molecule has 1 heterocycles. The number of carboxylic acids is 1. The quantitative estimate of drug-likeness (QED) is 0.678.